The molecule has 2 aromatic rings. The van der Waals surface area contributed by atoms with E-state index in [0.717, 1.165) is 0 Å². The lowest BCUT2D eigenvalue weighted by Crippen LogP contribution is -2.41. The predicted molar refractivity (Wildman–Crippen MR) is 78.9 cm³/mol. The Kier molecular flexibility index (Phi) is 3.37. The van der Waals surface area contributed by atoms with E-state index in [1.54, 1.807) is 12.1 Å². The van der Waals surface area contributed by atoms with Crippen molar-refractivity contribution in [3.8, 4) is 11.3 Å². The van der Waals surface area contributed by atoms with Gasteiger partial charge in [0.1, 0.15) is 11.5 Å². The Hall–Kier alpha value is -2.80. The number of nitrogens with one attached hydrogen (secondary N) is 1. The molecule has 2 aromatic heterocycles. The summed E-state index contributed by atoms with van der Waals surface area (Å²) in [5.41, 5.74) is -0.855. The molecule has 2 N–H and O–H groups in total. The highest BCUT2D eigenvalue weighted by Crippen LogP contribution is 2.42. The number of aliphatic hydroxyl groups is 1. The number of esters is 1. The molecule has 1 aliphatic rings. The van der Waals surface area contributed by atoms with E-state index in [1.165, 1.54) is 26.3 Å². The van der Waals surface area contributed by atoms with Crippen molar-refractivity contribution < 1.29 is 24.2 Å². The Morgan fingerprint density at radius 2 is 2.13 bits per heavy atom. The number of Topliss-reactive ketones (excluding diaryl/α,β-unsaturated/α-hetero) is 2. The molecule has 3 rings (SSSR count). The molecule has 118 valence electrons. The van der Waals surface area contributed by atoms with Crippen molar-refractivity contribution >= 4 is 17.5 Å². The van der Waals surface area contributed by atoms with E-state index >= 15 is 0 Å². The third kappa shape index (κ3) is 2.17. The average Bonchev–Trinajstić information content (AvgIpc) is 2.97. The van der Waals surface area contributed by atoms with Gasteiger partial charge in [-0.25, -0.2) is 4.79 Å². The molecule has 0 bridgehead atoms. The van der Waals surface area contributed by atoms with Crippen molar-refractivity contribution in [1.29, 1.82) is 0 Å². The van der Waals surface area contributed by atoms with Crippen molar-refractivity contribution in [3.05, 3.63) is 41.3 Å². The number of H-pyrrole nitrogens is 1. The van der Waals surface area contributed by atoms with Gasteiger partial charge in [-0.05, 0) is 25.1 Å². The smallest absolute Gasteiger partial charge is 0.354 e. The van der Waals surface area contributed by atoms with Gasteiger partial charge in [-0.2, -0.15) is 0 Å². The third-order valence-corrected chi connectivity index (χ3v) is 3.82. The van der Waals surface area contributed by atoms with Crippen molar-refractivity contribution in [2.24, 2.45) is 0 Å². The first-order valence-corrected chi connectivity index (χ1v) is 6.92. The van der Waals surface area contributed by atoms with Gasteiger partial charge < -0.3 is 14.8 Å². The van der Waals surface area contributed by atoms with Gasteiger partial charge in [-0.3, -0.25) is 14.6 Å². The van der Waals surface area contributed by atoms with Crippen LogP contribution in [-0.2, 0) is 15.1 Å². The fraction of sp³-hybridized carbons (Fsp3) is 0.250. The fourth-order valence-electron chi connectivity index (χ4n) is 2.86. The van der Waals surface area contributed by atoms with Crippen molar-refractivity contribution in [2.75, 3.05) is 7.11 Å². The molecule has 0 fully saturated rings. The molecule has 1 unspecified atom stereocenters. The van der Waals surface area contributed by atoms with Crippen molar-refractivity contribution in [1.82, 2.24) is 9.97 Å². The van der Waals surface area contributed by atoms with Crippen LogP contribution in [0.15, 0.2) is 24.4 Å². The van der Waals surface area contributed by atoms with E-state index in [2.05, 4.69) is 14.7 Å². The Bertz CT molecular complexity index is 839. The Morgan fingerprint density at radius 3 is 2.78 bits per heavy atom. The van der Waals surface area contributed by atoms with E-state index in [0.29, 0.717) is 11.3 Å². The number of carbonyl (C=O) groups is 3. The Balaban J connectivity index is 2.26. The number of ether oxygens (including phenoxy) is 1. The summed E-state index contributed by atoms with van der Waals surface area (Å²) in [6.07, 6.45) is 1.06. The number of rotatable bonds is 3. The van der Waals surface area contributed by atoms with Gasteiger partial charge in [-0.1, -0.05) is 0 Å². The molecule has 2 heterocycles. The second kappa shape index (κ2) is 5.13. The summed E-state index contributed by atoms with van der Waals surface area (Å²) in [7, 11) is 1.23. The zero-order chi connectivity index (χ0) is 16.8. The second-order valence-electron chi connectivity index (χ2n) is 5.43. The van der Waals surface area contributed by atoms with Crippen LogP contribution >= 0.6 is 0 Å². The number of fused-ring (bicyclic) bond motifs is 3. The second-order valence-corrected chi connectivity index (χ2v) is 5.43. The standard InChI is InChI=1S/C16H14N2O5/c1-8(19)7-16(22)13-9(4-3-5-17-13)12-10(14(16)20)6-11(18-12)15(21)23-2/h3-6,18,22H,7H2,1-2H3. The van der Waals surface area contributed by atoms with Crippen LogP contribution in [-0.4, -0.2) is 39.7 Å². The highest BCUT2D eigenvalue weighted by Gasteiger charge is 2.48. The van der Waals surface area contributed by atoms with E-state index in [9.17, 15) is 19.5 Å². The number of methoxy groups -OCH3 is 1. The van der Waals surface area contributed by atoms with Gasteiger partial charge in [-0.15, -0.1) is 0 Å². The maximum atomic E-state index is 12.7. The quantitative estimate of drug-likeness (QED) is 0.825. The molecule has 0 radical (unpaired) electrons. The maximum absolute atomic E-state index is 12.7. The number of pyridine rings is 1. The minimum absolute atomic E-state index is 0.0905. The normalized spacial score (nSPS) is 19.0. The number of carbonyl (C=O) groups excluding carboxylic acids is 3. The molecule has 1 atom stereocenters. The highest BCUT2D eigenvalue weighted by atomic mass is 16.5. The van der Waals surface area contributed by atoms with Crippen molar-refractivity contribution in [3.63, 3.8) is 0 Å². The van der Waals surface area contributed by atoms with E-state index in [1.807, 2.05) is 0 Å². The summed E-state index contributed by atoms with van der Waals surface area (Å²) < 4.78 is 4.64. The SMILES string of the molecule is COC(=O)c1cc2c([nH]1)-c1cccnc1C(O)(CC(C)=O)C2=O. The van der Waals surface area contributed by atoms with Gasteiger partial charge in [0.05, 0.1) is 18.5 Å². The Labute approximate surface area is 131 Å². The summed E-state index contributed by atoms with van der Waals surface area (Å²) in [4.78, 5) is 42.9. The van der Waals surface area contributed by atoms with Gasteiger partial charge in [0.2, 0.25) is 5.78 Å². The van der Waals surface area contributed by atoms with Crippen molar-refractivity contribution in [2.45, 2.75) is 18.9 Å². The fourth-order valence-corrected chi connectivity index (χ4v) is 2.86. The largest absolute Gasteiger partial charge is 0.464 e. The lowest BCUT2D eigenvalue weighted by molar-refractivity contribution is -0.121. The summed E-state index contributed by atoms with van der Waals surface area (Å²) in [6, 6.07) is 4.63. The highest BCUT2D eigenvalue weighted by molar-refractivity contribution is 6.13. The van der Waals surface area contributed by atoms with Crippen LogP contribution < -0.4 is 0 Å². The molecular weight excluding hydrogens is 300 g/mol. The molecule has 0 aliphatic heterocycles. The van der Waals surface area contributed by atoms with Gasteiger partial charge in [0.25, 0.3) is 0 Å². The number of ketones is 2. The Morgan fingerprint density at radius 1 is 1.39 bits per heavy atom. The number of nitrogens with zero attached hydrogens (tertiary/aromatic N) is 1. The summed E-state index contributed by atoms with van der Waals surface area (Å²) in [5.74, 6) is -1.64. The zero-order valence-corrected chi connectivity index (χ0v) is 12.5. The number of aromatic nitrogens is 2. The maximum Gasteiger partial charge on any atom is 0.354 e. The van der Waals surface area contributed by atoms with Gasteiger partial charge in [0, 0.05) is 23.7 Å². The van der Waals surface area contributed by atoms with E-state index in [4.69, 9.17) is 0 Å². The molecule has 0 aromatic carbocycles. The van der Waals surface area contributed by atoms with Crippen LogP contribution in [0.2, 0.25) is 0 Å². The molecule has 7 nitrogen and oxygen atoms in total. The topological polar surface area (TPSA) is 109 Å². The van der Waals surface area contributed by atoms with Gasteiger partial charge in [0.15, 0.2) is 5.60 Å². The third-order valence-electron chi connectivity index (χ3n) is 3.82. The van der Waals surface area contributed by atoms with Crippen LogP contribution in [0.25, 0.3) is 11.3 Å². The minimum atomic E-state index is -2.04. The lowest BCUT2D eigenvalue weighted by atomic mass is 9.77. The number of hydrogen-bond donors (Lipinski definition) is 2. The first-order chi connectivity index (χ1) is 10.9. The molecule has 7 heteroatoms. The van der Waals surface area contributed by atoms with Crippen LogP contribution in [0.1, 0.15) is 39.9 Å². The molecule has 0 amide bonds. The summed E-state index contributed by atoms with van der Waals surface area (Å²) in [5, 5.41) is 10.9. The van der Waals surface area contributed by atoms with Crippen LogP contribution in [0, 0.1) is 0 Å². The summed E-state index contributed by atoms with van der Waals surface area (Å²) in [6.45, 7) is 1.29. The minimum Gasteiger partial charge on any atom is -0.464 e. The zero-order valence-electron chi connectivity index (χ0n) is 12.5. The van der Waals surface area contributed by atoms with Crippen LogP contribution in [0.3, 0.4) is 0 Å². The van der Waals surface area contributed by atoms with Gasteiger partial charge >= 0.3 is 5.97 Å². The molecule has 0 saturated heterocycles. The number of hydrogen-bond acceptors (Lipinski definition) is 6. The van der Waals surface area contributed by atoms with Crippen LogP contribution in [0.4, 0.5) is 0 Å². The monoisotopic (exact) mass is 314 g/mol. The van der Waals surface area contributed by atoms with E-state index < -0.39 is 17.4 Å². The van der Waals surface area contributed by atoms with Crippen LogP contribution in [0.5, 0.6) is 0 Å². The molecule has 0 saturated carbocycles. The molecular formula is C16H14N2O5. The lowest BCUT2D eigenvalue weighted by Gasteiger charge is -2.30. The summed E-state index contributed by atoms with van der Waals surface area (Å²) >= 11 is 0. The predicted octanol–water partition coefficient (Wildman–Crippen LogP) is 1.23. The number of aromatic amines is 1. The average molecular weight is 314 g/mol. The molecule has 23 heavy (non-hydrogen) atoms. The first kappa shape index (κ1) is 15.1. The molecule has 0 spiro atoms. The van der Waals surface area contributed by atoms with E-state index in [-0.39, 0.29) is 29.2 Å². The molecule has 1 aliphatic carbocycles. The first-order valence-electron chi connectivity index (χ1n) is 6.92.